The van der Waals surface area contributed by atoms with Gasteiger partial charge in [-0.3, -0.25) is 0 Å². The van der Waals surface area contributed by atoms with Crippen molar-refractivity contribution in [2.75, 3.05) is 20.3 Å². The molecule has 1 aliphatic heterocycles. The Morgan fingerprint density at radius 3 is 2.00 bits per heavy atom. The van der Waals surface area contributed by atoms with Crippen molar-refractivity contribution in [2.24, 2.45) is 0 Å². The van der Waals surface area contributed by atoms with E-state index >= 15 is 0 Å². The van der Waals surface area contributed by atoms with Gasteiger partial charge in [0.2, 0.25) is 0 Å². The van der Waals surface area contributed by atoms with Crippen LogP contribution in [0, 0.1) is 0 Å². The number of aliphatic hydroxyl groups excluding tert-OH is 3. The molecule has 0 amide bonds. The number of hydrogen-bond acceptors (Lipinski definition) is 5. The monoisotopic (exact) mass is 180 g/mol. The van der Waals surface area contributed by atoms with E-state index < -0.39 is 18.5 Å². The topological polar surface area (TPSA) is 79.2 Å². The molecule has 5 nitrogen and oxygen atoms in total. The van der Waals surface area contributed by atoms with Gasteiger partial charge in [-0.25, -0.2) is 0 Å². The Morgan fingerprint density at radius 2 is 1.92 bits per heavy atom. The van der Waals surface area contributed by atoms with Crippen molar-refractivity contribution >= 4 is 0 Å². The molecule has 1 rings (SSSR count). The quantitative estimate of drug-likeness (QED) is 0.468. The molecule has 3 atom stereocenters. The molecule has 3 N–H and O–H groups in total. The van der Waals surface area contributed by atoms with Crippen molar-refractivity contribution < 1.29 is 24.8 Å². The number of aliphatic hydroxyl groups is 3. The van der Waals surface area contributed by atoms with Crippen LogP contribution in [0.2, 0.25) is 0 Å². The van der Waals surface area contributed by atoms with Crippen LogP contribution in [0.4, 0.5) is 0 Å². The van der Waals surface area contributed by atoms with Gasteiger partial charge in [0.1, 0.15) is 12.2 Å². The highest BCUT2D eigenvalue weighted by Crippen LogP contribution is 2.10. The number of ether oxygens (including phenoxy) is 2. The lowest BCUT2D eigenvalue weighted by Crippen LogP contribution is -2.29. The van der Waals surface area contributed by atoms with E-state index in [9.17, 15) is 0 Å². The van der Waals surface area contributed by atoms with Gasteiger partial charge in [-0.15, -0.1) is 0 Å². The minimum absolute atomic E-state index is 0.0162. The third kappa shape index (κ3) is 3.99. The summed E-state index contributed by atoms with van der Waals surface area (Å²) in [6.45, 7) is 2.79. The molecule has 0 aromatic rings. The maximum Gasteiger partial charge on any atom is 0.183 e. The number of hydrogen-bond donors (Lipinski definition) is 3. The summed E-state index contributed by atoms with van der Waals surface area (Å²) in [5, 5.41) is 25.8. The predicted molar refractivity (Wildman–Crippen MR) is 41.5 cm³/mol. The Hall–Kier alpha value is -0.200. The van der Waals surface area contributed by atoms with Crippen LogP contribution in [0.5, 0.6) is 0 Å². The van der Waals surface area contributed by atoms with Crippen molar-refractivity contribution in [3.05, 3.63) is 0 Å². The molecule has 12 heavy (non-hydrogen) atoms. The first-order valence-electron chi connectivity index (χ1n) is 3.78. The van der Waals surface area contributed by atoms with Crippen molar-refractivity contribution in [3.63, 3.8) is 0 Å². The first-order chi connectivity index (χ1) is 5.63. The fourth-order valence-corrected chi connectivity index (χ4v) is 0.584. The van der Waals surface area contributed by atoms with Gasteiger partial charge in [0.25, 0.3) is 0 Å². The Balaban J connectivity index is 0.000000261. The standard InChI is InChI=1S/C4H8O4.C3H8O/c5-2-1-8-4(7)3(2)6;1-3-4-2/h2-7H,1H2;3H2,1-2H3. The predicted octanol–water partition coefficient (Wildman–Crippen LogP) is -1.29. The molecule has 3 unspecified atom stereocenters. The SMILES string of the molecule is CCOC.OC1COC(O)C1O. The molecule has 1 fully saturated rings. The zero-order chi connectivity index (χ0) is 9.56. The van der Waals surface area contributed by atoms with Crippen LogP contribution in [-0.4, -0.2) is 54.1 Å². The highest BCUT2D eigenvalue weighted by Gasteiger charge is 2.32. The molecule has 0 aromatic carbocycles. The van der Waals surface area contributed by atoms with Gasteiger partial charge < -0.3 is 24.8 Å². The van der Waals surface area contributed by atoms with Crippen molar-refractivity contribution in [2.45, 2.75) is 25.4 Å². The second-order valence-electron chi connectivity index (χ2n) is 2.36. The molecule has 5 heteroatoms. The highest BCUT2D eigenvalue weighted by molar-refractivity contribution is 4.75. The van der Waals surface area contributed by atoms with E-state index in [-0.39, 0.29) is 6.61 Å². The average Bonchev–Trinajstić information content (AvgIpc) is 2.37. The summed E-state index contributed by atoms with van der Waals surface area (Å²) < 4.78 is 8.97. The van der Waals surface area contributed by atoms with Crippen molar-refractivity contribution in [1.82, 2.24) is 0 Å². The summed E-state index contributed by atoms with van der Waals surface area (Å²) in [5.74, 6) is 0. The second kappa shape index (κ2) is 6.33. The highest BCUT2D eigenvalue weighted by atomic mass is 16.6. The van der Waals surface area contributed by atoms with Gasteiger partial charge in [-0.1, -0.05) is 0 Å². The maximum atomic E-state index is 8.64. The fourth-order valence-electron chi connectivity index (χ4n) is 0.584. The lowest BCUT2D eigenvalue weighted by molar-refractivity contribution is -0.111. The molecule has 74 valence electrons. The summed E-state index contributed by atoms with van der Waals surface area (Å²) >= 11 is 0. The van der Waals surface area contributed by atoms with E-state index in [2.05, 4.69) is 9.47 Å². The van der Waals surface area contributed by atoms with Crippen LogP contribution in [-0.2, 0) is 9.47 Å². The molecule has 1 aliphatic rings. The maximum absolute atomic E-state index is 8.64. The first-order valence-corrected chi connectivity index (χ1v) is 3.78. The van der Waals surface area contributed by atoms with Crippen LogP contribution in [0.15, 0.2) is 0 Å². The fraction of sp³-hybridized carbons (Fsp3) is 1.00. The lowest BCUT2D eigenvalue weighted by atomic mass is 10.2. The van der Waals surface area contributed by atoms with Gasteiger partial charge in [0, 0.05) is 13.7 Å². The second-order valence-corrected chi connectivity index (χ2v) is 2.36. The van der Waals surface area contributed by atoms with Gasteiger partial charge in [0.15, 0.2) is 6.29 Å². The van der Waals surface area contributed by atoms with Gasteiger partial charge >= 0.3 is 0 Å². The van der Waals surface area contributed by atoms with Crippen molar-refractivity contribution in [1.29, 1.82) is 0 Å². The number of rotatable bonds is 1. The van der Waals surface area contributed by atoms with E-state index in [0.717, 1.165) is 6.61 Å². The minimum atomic E-state index is -1.20. The Morgan fingerprint density at radius 1 is 1.42 bits per heavy atom. The summed E-state index contributed by atoms with van der Waals surface area (Å²) in [7, 11) is 1.68. The summed E-state index contributed by atoms with van der Waals surface area (Å²) in [5.41, 5.74) is 0. The normalized spacial score (nSPS) is 34.2. The van der Waals surface area contributed by atoms with E-state index in [1.807, 2.05) is 6.92 Å². The molecule has 0 radical (unpaired) electrons. The Labute approximate surface area is 71.5 Å². The molecule has 0 aliphatic carbocycles. The molecule has 1 saturated heterocycles. The first kappa shape index (κ1) is 11.8. The summed E-state index contributed by atoms with van der Waals surface area (Å²) in [6.07, 6.45) is -3.26. The van der Waals surface area contributed by atoms with Crippen molar-refractivity contribution in [3.8, 4) is 0 Å². The zero-order valence-corrected chi connectivity index (χ0v) is 7.30. The van der Waals surface area contributed by atoms with E-state index in [1.165, 1.54) is 0 Å². The minimum Gasteiger partial charge on any atom is -0.388 e. The smallest absolute Gasteiger partial charge is 0.183 e. The van der Waals surface area contributed by atoms with Crippen LogP contribution < -0.4 is 0 Å². The molecular weight excluding hydrogens is 164 g/mol. The molecule has 0 saturated carbocycles. The van der Waals surface area contributed by atoms with E-state index in [1.54, 1.807) is 7.11 Å². The van der Waals surface area contributed by atoms with Crippen LogP contribution >= 0.6 is 0 Å². The van der Waals surface area contributed by atoms with Crippen LogP contribution in [0.1, 0.15) is 6.92 Å². The average molecular weight is 180 g/mol. The third-order valence-electron chi connectivity index (χ3n) is 1.41. The molecule has 1 heterocycles. The lowest BCUT2D eigenvalue weighted by Gasteiger charge is -2.06. The summed E-state index contributed by atoms with van der Waals surface area (Å²) in [6, 6.07) is 0. The van der Waals surface area contributed by atoms with Gasteiger partial charge in [0.05, 0.1) is 6.61 Å². The van der Waals surface area contributed by atoms with E-state index in [0.29, 0.717) is 0 Å². The van der Waals surface area contributed by atoms with Crippen LogP contribution in [0.25, 0.3) is 0 Å². The third-order valence-corrected chi connectivity index (χ3v) is 1.41. The van der Waals surface area contributed by atoms with Crippen LogP contribution in [0.3, 0.4) is 0 Å². The Bertz CT molecular complexity index is 96.0. The van der Waals surface area contributed by atoms with E-state index in [4.69, 9.17) is 15.3 Å². The van der Waals surface area contributed by atoms with Gasteiger partial charge in [-0.05, 0) is 6.92 Å². The zero-order valence-electron chi connectivity index (χ0n) is 7.30. The van der Waals surface area contributed by atoms with Gasteiger partial charge in [-0.2, -0.15) is 0 Å². The molecule has 0 spiro atoms. The Kier molecular flexibility index (Phi) is 6.23. The largest absolute Gasteiger partial charge is 0.388 e. The summed E-state index contributed by atoms with van der Waals surface area (Å²) in [4.78, 5) is 0. The molecule has 0 aromatic heterocycles. The molecule has 0 bridgehead atoms. The number of methoxy groups -OCH3 is 1. The molecular formula is C7H16O5.